The highest BCUT2D eigenvalue weighted by atomic mass is 32.1. The zero-order valence-corrected chi connectivity index (χ0v) is 11.5. The molecule has 0 aliphatic heterocycles. The molecular weight excluding hydrogens is 230 g/mol. The molecule has 0 spiro atoms. The number of aryl methyl sites for hydroxylation is 2. The van der Waals surface area contributed by atoms with Crippen molar-refractivity contribution >= 4 is 11.3 Å². The number of thiophene rings is 1. The third-order valence-electron chi connectivity index (χ3n) is 2.89. The van der Waals surface area contributed by atoms with Gasteiger partial charge in [0.2, 0.25) is 0 Å². The van der Waals surface area contributed by atoms with Crippen LogP contribution >= 0.6 is 11.3 Å². The number of hydrogen-bond acceptors (Lipinski definition) is 3. The highest BCUT2D eigenvalue weighted by molar-refractivity contribution is 7.12. The summed E-state index contributed by atoms with van der Waals surface area (Å²) in [5.74, 6) is 1.07. The molecule has 2 aromatic rings. The lowest BCUT2D eigenvalue weighted by Crippen LogP contribution is -2.10. The second-order valence-electron chi connectivity index (χ2n) is 4.18. The molecule has 0 bridgehead atoms. The fourth-order valence-corrected chi connectivity index (χ4v) is 2.86. The molecule has 0 aliphatic carbocycles. The van der Waals surface area contributed by atoms with Gasteiger partial charge in [-0.05, 0) is 32.0 Å². The molecule has 0 amide bonds. The van der Waals surface area contributed by atoms with Crippen LogP contribution in [0.3, 0.4) is 0 Å². The van der Waals surface area contributed by atoms with E-state index < -0.39 is 0 Å². The van der Waals surface area contributed by atoms with E-state index in [-0.39, 0.29) is 0 Å². The predicted molar refractivity (Wildman–Crippen MR) is 72.5 cm³/mol. The minimum absolute atomic E-state index is 0.931. The minimum atomic E-state index is 0.931. The molecule has 0 aliphatic rings. The molecule has 0 radical (unpaired) electrons. The monoisotopic (exact) mass is 249 g/mol. The fraction of sp³-hybridized carbons (Fsp3) is 0.462. The van der Waals surface area contributed by atoms with Crippen LogP contribution in [0.2, 0.25) is 0 Å². The summed E-state index contributed by atoms with van der Waals surface area (Å²) in [6, 6.07) is 2.31. The first-order valence-electron chi connectivity index (χ1n) is 5.97. The van der Waals surface area contributed by atoms with Gasteiger partial charge in [0.1, 0.15) is 5.82 Å². The zero-order valence-electron chi connectivity index (χ0n) is 10.7. The van der Waals surface area contributed by atoms with E-state index in [1.807, 2.05) is 30.7 Å². The summed E-state index contributed by atoms with van der Waals surface area (Å²) >= 11 is 1.89. The Morgan fingerprint density at radius 3 is 2.88 bits per heavy atom. The SMILES string of the molecule is CCNCc1cc(Cn2ccnc2C)c(C)s1. The molecule has 2 aromatic heterocycles. The van der Waals surface area contributed by atoms with E-state index in [1.54, 1.807) is 0 Å². The summed E-state index contributed by atoms with van der Waals surface area (Å²) in [6.45, 7) is 9.30. The lowest BCUT2D eigenvalue weighted by atomic mass is 10.2. The van der Waals surface area contributed by atoms with Gasteiger partial charge in [-0.3, -0.25) is 0 Å². The van der Waals surface area contributed by atoms with Gasteiger partial charge in [0, 0.05) is 35.2 Å². The topological polar surface area (TPSA) is 29.9 Å². The zero-order chi connectivity index (χ0) is 12.3. The summed E-state index contributed by atoms with van der Waals surface area (Å²) < 4.78 is 2.19. The standard InChI is InChI=1S/C13H19N3S/c1-4-14-8-13-7-12(10(2)17-13)9-16-6-5-15-11(16)3/h5-7,14H,4,8-9H2,1-3H3. The normalized spacial score (nSPS) is 11.0. The van der Waals surface area contributed by atoms with Crippen LogP contribution in [0, 0.1) is 13.8 Å². The lowest BCUT2D eigenvalue weighted by molar-refractivity contribution is 0.732. The molecule has 1 N–H and O–H groups in total. The molecule has 2 heterocycles. The highest BCUT2D eigenvalue weighted by Gasteiger charge is 2.06. The van der Waals surface area contributed by atoms with E-state index in [4.69, 9.17) is 0 Å². The van der Waals surface area contributed by atoms with Gasteiger partial charge in [-0.1, -0.05) is 6.92 Å². The Bertz CT molecular complexity index is 485. The summed E-state index contributed by atoms with van der Waals surface area (Å²) in [6.07, 6.45) is 3.90. The molecule has 0 atom stereocenters. The smallest absolute Gasteiger partial charge is 0.105 e. The van der Waals surface area contributed by atoms with Crippen molar-refractivity contribution in [3.8, 4) is 0 Å². The Balaban J connectivity index is 2.11. The predicted octanol–water partition coefficient (Wildman–Crippen LogP) is 2.72. The first kappa shape index (κ1) is 12.3. The average Bonchev–Trinajstić information content (AvgIpc) is 2.85. The Hall–Kier alpha value is -1.13. The Labute approximate surface area is 107 Å². The van der Waals surface area contributed by atoms with Crippen LogP contribution in [-0.4, -0.2) is 16.1 Å². The number of rotatable bonds is 5. The first-order valence-corrected chi connectivity index (χ1v) is 6.79. The molecule has 0 saturated heterocycles. The Morgan fingerprint density at radius 2 is 2.24 bits per heavy atom. The number of imidazole rings is 1. The number of nitrogens with one attached hydrogen (secondary N) is 1. The van der Waals surface area contributed by atoms with Gasteiger partial charge in [-0.15, -0.1) is 11.3 Å². The number of nitrogens with zero attached hydrogens (tertiary/aromatic N) is 2. The maximum atomic E-state index is 4.25. The Kier molecular flexibility index (Phi) is 3.97. The summed E-state index contributed by atoms with van der Waals surface area (Å²) in [5.41, 5.74) is 1.41. The van der Waals surface area contributed by atoms with Gasteiger partial charge < -0.3 is 9.88 Å². The highest BCUT2D eigenvalue weighted by Crippen LogP contribution is 2.22. The van der Waals surface area contributed by atoms with Crippen molar-refractivity contribution in [1.29, 1.82) is 0 Å². The molecule has 4 heteroatoms. The van der Waals surface area contributed by atoms with E-state index in [9.17, 15) is 0 Å². The maximum absolute atomic E-state index is 4.25. The van der Waals surface area contributed by atoms with Gasteiger partial charge in [0.15, 0.2) is 0 Å². The average molecular weight is 249 g/mol. The second-order valence-corrected chi connectivity index (χ2v) is 5.52. The summed E-state index contributed by atoms with van der Waals surface area (Å²) in [5, 5.41) is 3.37. The van der Waals surface area contributed by atoms with Gasteiger partial charge in [-0.2, -0.15) is 0 Å². The van der Waals surface area contributed by atoms with Crippen molar-refractivity contribution in [2.75, 3.05) is 6.54 Å². The molecule has 92 valence electrons. The van der Waals surface area contributed by atoms with Crippen molar-refractivity contribution < 1.29 is 0 Å². The first-order chi connectivity index (χ1) is 8.20. The van der Waals surface area contributed by atoms with E-state index in [2.05, 4.69) is 34.8 Å². The maximum Gasteiger partial charge on any atom is 0.105 e. The van der Waals surface area contributed by atoms with Gasteiger partial charge in [0.25, 0.3) is 0 Å². The van der Waals surface area contributed by atoms with Crippen LogP contribution in [-0.2, 0) is 13.1 Å². The van der Waals surface area contributed by atoms with Crippen molar-refractivity contribution in [2.45, 2.75) is 33.9 Å². The lowest BCUT2D eigenvalue weighted by Gasteiger charge is -2.03. The third-order valence-corrected chi connectivity index (χ3v) is 3.98. The van der Waals surface area contributed by atoms with Crippen molar-refractivity contribution in [3.05, 3.63) is 39.6 Å². The van der Waals surface area contributed by atoms with E-state index >= 15 is 0 Å². The van der Waals surface area contributed by atoms with E-state index in [1.165, 1.54) is 15.3 Å². The van der Waals surface area contributed by atoms with Gasteiger partial charge >= 0.3 is 0 Å². The molecule has 0 saturated carbocycles. The van der Waals surface area contributed by atoms with Crippen LogP contribution in [0.25, 0.3) is 0 Å². The molecule has 17 heavy (non-hydrogen) atoms. The quantitative estimate of drug-likeness (QED) is 0.883. The van der Waals surface area contributed by atoms with Crippen LogP contribution in [0.1, 0.15) is 28.1 Å². The molecule has 3 nitrogen and oxygen atoms in total. The summed E-state index contributed by atoms with van der Waals surface area (Å²) in [7, 11) is 0. The van der Waals surface area contributed by atoms with Gasteiger partial charge in [0.05, 0.1) is 0 Å². The largest absolute Gasteiger partial charge is 0.331 e. The van der Waals surface area contributed by atoms with Crippen molar-refractivity contribution in [1.82, 2.24) is 14.9 Å². The van der Waals surface area contributed by atoms with Gasteiger partial charge in [-0.25, -0.2) is 4.98 Å². The van der Waals surface area contributed by atoms with Crippen LogP contribution in [0.4, 0.5) is 0 Å². The molecule has 0 aromatic carbocycles. The fourth-order valence-electron chi connectivity index (χ4n) is 1.83. The second kappa shape index (κ2) is 5.47. The van der Waals surface area contributed by atoms with Crippen LogP contribution in [0.5, 0.6) is 0 Å². The van der Waals surface area contributed by atoms with Crippen molar-refractivity contribution in [2.24, 2.45) is 0 Å². The van der Waals surface area contributed by atoms with Crippen LogP contribution in [0.15, 0.2) is 18.5 Å². The van der Waals surface area contributed by atoms with E-state index in [0.717, 1.165) is 25.5 Å². The number of hydrogen-bond donors (Lipinski definition) is 1. The molecule has 2 rings (SSSR count). The van der Waals surface area contributed by atoms with E-state index in [0.29, 0.717) is 0 Å². The van der Waals surface area contributed by atoms with Crippen LogP contribution < -0.4 is 5.32 Å². The van der Waals surface area contributed by atoms with Crippen molar-refractivity contribution in [3.63, 3.8) is 0 Å². The minimum Gasteiger partial charge on any atom is -0.331 e. The third kappa shape index (κ3) is 2.96. The Morgan fingerprint density at radius 1 is 1.41 bits per heavy atom. The molecule has 0 fully saturated rings. The molecule has 0 unspecified atom stereocenters. The molecular formula is C13H19N3S. The summed E-state index contributed by atoms with van der Waals surface area (Å²) in [4.78, 5) is 7.08. The number of aromatic nitrogens is 2.